The molecule has 0 heterocycles. The van der Waals surface area contributed by atoms with Crippen LogP contribution in [0.25, 0.3) is 0 Å². The van der Waals surface area contributed by atoms with Crippen LogP contribution in [0.15, 0.2) is 37.0 Å². The van der Waals surface area contributed by atoms with E-state index in [9.17, 15) is 14.4 Å². The van der Waals surface area contributed by atoms with Gasteiger partial charge in [0.1, 0.15) is 5.92 Å². The van der Waals surface area contributed by atoms with Gasteiger partial charge < -0.3 is 10.2 Å². The van der Waals surface area contributed by atoms with Crippen LogP contribution in [0.1, 0.15) is 0 Å². The highest BCUT2D eigenvalue weighted by Crippen LogP contribution is 2.35. The number of hydrogen-bond donors (Lipinski definition) is 2. The lowest BCUT2D eigenvalue weighted by Gasteiger charge is -2.29. The van der Waals surface area contributed by atoms with Crippen LogP contribution < -0.4 is 0 Å². The highest BCUT2D eigenvalue weighted by molar-refractivity contribution is 6.13. The van der Waals surface area contributed by atoms with Gasteiger partial charge in [0.05, 0.1) is 0 Å². The average molecular weight is 222 g/mol. The van der Waals surface area contributed by atoms with Crippen LogP contribution >= 0.6 is 0 Å². The minimum Gasteiger partial charge on any atom is -0.481 e. The van der Waals surface area contributed by atoms with Gasteiger partial charge >= 0.3 is 11.9 Å². The Balaban J connectivity index is 3.38. The lowest BCUT2D eigenvalue weighted by molar-refractivity contribution is -0.160. The van der Waals surface area contributed by atoms with E-state index in [-0.39, 0.29) is 0 Å². The molecule has 0 bridgehead atoms. The zero-order valence-corrected chi connectivity index (χ0v) is 8.29. The molecule has 0 spiro atoms. The van der Waals surface area contributed by atoms with E-state index < -0.39 is 29.1 Å². The molecule has 2 atom stereocenters. The van der Waals surface area contributed by atoms with Gasteiger partial charge in [0.25, 0.3) is 0 Å². The van der Waals surface area contributed by atoms with Gasteiger partial charge in [-0.05, 0) is 6.08 Å². The minimum atomic E-state index is -2.08. The van der Waals surface area contributed by atoms with Crippen LogP contribution in [0.5, 0.6) is 0 Å². The summed E-state index contributed by atoms with van der Waals surface area (Å²) in [6.45, 7) is 3.19. The Kier molecular flexibility index (Phi) is 3.08. The summed E-state index contributed by atoms with van der Waals surface area (Å²) in [5.41, 5.74) is -2.08. The largest absolute Gasteiger partial charge is 0.481 e. The quantitative estimate of drug-likeness (QED) is 0.538. The first-order valence-corrected chi connectivity index (χ1v) is 4.46. The predicted octanol–water partition coefficient (Wildman–Crippen LogP) is 0.639. The van der Waals surface area contributed by atoms with Crippen LogP contribution in [0.3, 0.4) is 0 Å². The molecule has 0 amide bonds. The first-order chi connectivity index (χ1) is 7.46. The average Bonchev–Trinajstić information content (AvgIpc) is 2.27. The van der Waals surface area contributed by atoms with Crippen molar-refractivity contribution in [3.8, 4) is 0 Å². The first-order valence-electron chi connectivity index (χ1n) is 4.46. The number of carbonyl (C=O) groups is 3. The van der Waals surface area contributed by atoms with E-state index >= 15 is 0 Å². The fourth-order valence-corrected chi connectivity index (χ4v) is 1.63. The standard InChI is InChI=1S/C11H10O5/c1-2-8(12)11(10(15)16)6-4-3-5-7(11)9(13)14/h2-7H,1H2,(H,13,14)(H,15,16). The van der Waals surface area contributed by atoms with Gasteiger partial charge in [0.2, 0.25) is 0 Å². The highest BCUT2D eigenvalue weighted by Gasteiger charge is 2.52. The van der Waals surface area contributed by atoms with Gasteiger partial charge in [-0.3, -0.25) is 14.4 Å². The van der Waals surface area contributed by atoms with Crippen molar-refractivity contribution in [1.29, 1.82) is 0 Å². The molecule has 16 heavy (non-hydrogen) atoms. The lowest BCUT2D eigenvalue weighted by atomic mass is 9.69. The minimum absolute atomic E-state index is 0.827. The first kappa shape index (κ1) is 11.9. The molecule has 5 nitrogen and oxygen atoms in total. The maximum absolute atomic E-state index is 11.6. The van der Waals surface area contributed by atoms with Crippen LogP contribution in [0.2, 0.25) is 0 Å². The van der Waals surface area contributed by atoms with Gasteiger partial charge in [-0.2, -0.15) is 0 Å². The van der Waals surface area contributed by atoms with E-state index in [1.807, 2.05) is 0 Å². The van der Waals surface area contributed by atoms with Crippen molar-refractivity contribution in [2.75, 3.05) is 0 Å². The maximum Gasteiger partial charge on any atom is 0.322 e. The van der Waals surface area contributed by atoms with E-state index in [1.165, 1.54) is 18.2 Å². The number of carboxylic acid groups (broad SMARTS) is 2. The number of ketones is 1. The van der Waals surface area contributed by atoms with E-state index in [2.05, 4.69) is 6.58 Å². The van der Waals surface area contributed by atoms with Gasteiger partial charge in [-0.1, -0.05) is 30.9 Å². The van der Waals surface area contributed by atoms with Crippen molar-refractivity contribution < 1.29 is 24.6 Å². The topological polar surface area (TPSA) is 91.7 Å². The van der Waals surface area contributed by atoms with Gasteiger partial charge in [0.15, 0.2) is 11.2 Å². The Labute approximate surface area is 91.4 Å². The van der Waals surface area contributed by atoms with Gasteiger partial charge in [0, 0.05) is 0 Å². The molecule has 0 aliphatic heterocycles. The molecule has 1 rings (SSSR count). The summed E-state index contributed by atoms with van der Waals surface area (Å²) in [6.07, 6.45) is 5.83. The molecule has 0 aromatic rings. The summed E-state index contributed by atoms with van der Waals surface area (Å²) in [7, 11) is 0. The highest BCUT2D eigenvalue weighted by atomic mass is 16.4. The monoisotopic (exact) mass is 222 g/mol. The Morgan fingerprint density at radius 3 is 2.31 bits per heavy atom. The summed E-state index contributed by atoms with van der Waals surface area (Å²) in [4.78, 5) is 33.7. The molecule has 0 aromatic carbocycles. The molecule has 5 heteroatoms. The smallest absolute Gasteiger partial charge is 0.322 e. The molecular formula is C11H10O5. The molecule has 0 fully saturated rings. The predicted molar refractivity (Wildman–Crippen MR) is 54.7 cm³/mol. The second-order valence-electron chi connectivity index (χ2n) is 3.30. The summed E-state index contributed by atoms with van der Waals surface area (Å²) < 4.78 is 0. The van der Waals surface area contributed by atoms with Crippen molar-refractivity contribution in [2.24, 2.45) is 11.3 Å². The Bertz CT molecular complexity index is 418. The van der Waals surface area contributed by atoms with E-state index in [0.717, 1.165) is 12.2 Å². The zero-order chi connectivity index (χ0) is 12.3. The van der Waals surface area contributed by atoms with E-state index in [1.54, 1.807) is 0 Å². The number of hydrogen-bond acceptors (Lipinski definition) is 3. The van der Waals surface area contributed by atoms with Crippen LogP contribution in [-0.4, -0.2) is 27.9 Å². The third kappa shape index (κ3) is 1.56. The summed E-state index contributed by atoms with van der Waals surface area (Å²) in [5.74, 6) is -5.11. The third-order valence-corrected chi connectivity index (χ3v) is 2.48. The Morgan fingerprint density at radius 2 is 1.88 bits per heavy atom. The second-order valence-corrected chi connectivity index (χ2v) is 3.30. The van der Waals surface area contributed by atoms with Crippen LogP contribution in [0, 0.1) is 11.3 Å². The third-order valence-electron chi connectivity index (χ3n) is 2.48. The Morgan fingerprint density at radius 1 is 1.25 bits per heavy atom. The van der Waals surface area contributed by atoms with Crippen molar-refractivity contribution in [3.63, 3.8) is 0 Å². The van der Waals surface area contributed by atoms with Crippen molar-refractivity contribution >= 4 is 17.7 Å². The van der Waals surface area contributed by atoms with Gasteiger partial charge in [-0.15, -0.1) is 0 Å². The molecule has 2 N–H and O–H groups in total. The molecule has 1 aliphatic rings. The SMILES string of the molecule is C=CC(=O)C1(C(=O)O)C=CC=CC1C(=O)O. The number of allylic oxidation sites excluding steroid dienone is 3. The van der Waals surface area contributed by atoms with Crippen LogP contribution in [0.4, 0.5) is 0 Å². The molecule has 0 radical (unpaired) electrons. The van der Waals surface area contributed by atoms with Crippen molar-refractivity contribution in [3.05, 3.63) is 37.0 Å². The van der Waals surface area contributed by atoms with E-state index in [0.29, 0.717) is 0 Å². The van der Waals surface area contributed by atoms with Crippen molar-refractivity contribution in [2.45, 2.75) is 0 Å². The molecule has 1 aliphatic carbocycles. The lowest BCUT2D eigenvalue weighted by Crippen LogP contribution is -2.46. The number of rotatable bonds is 4. The molecule has 0 saturated carbocycles. The second kappa shape index (κ2) is 4.14. The number of carboxylic acids is 2. The number of carbonyl (C=O) groups excluding carboxylic acids is 1. The van der Waals surface area contributed by atoms with E-state index in [4.69, 9.17) is 10.2 Å². The normalized spacial score (nSPS) is 27.4. The summed E-state index contributed by atoms with van der Waals surface area (Å²) in [5, 5.41) is 18.0. The molecule has 0 aromatic heterocycles. The molecule has 84 valence electrons. The fraction of sp³-hybridized carbons (Fsp3) is 0.182. The Hall–Kier alpha value is -2.17. The fourth-order valence-electron chi connectivity index (χ4n) is 1.63. The molecular weight excluding hydrogens is 212 g/mol. The summed E-state index contributed by atoms with van der Waals surface area (Å²) in [6, 6.07) is 0. The van der Waals surface area contributed by atoms with Gasteiger partial charge in [-0.25, -0.2) is 0 Å². The molecule has 0 saturated heterocycles. The van der Waals surface area contributed by atoms with Crippen molar-refractivity contribution in [1.82, 2.24) is 0 Å². The number of aliphatic carboxylic acids is 2. The zero-order valence-electron chi connectivity index (χ0n) is 8.29. The van der Waals surface area contributed by atoms with Crippen LogP contribution in [-0.2, 0) is 14.4 Å². The molecule has 2 unspecified atom stereocenters. The maximum atomic E-state index is 11.6. The summed E-state index contributed by atoms with van der Waals surface area (Å²) >= 11 is 0.